The molecule has 0 heterocycles. The van der Waals surface area contributed by atoms with Crippen LogP contribution in [0.5, 0.6) is 0 Å². The van der Waals surface area contributed by atoms with Gasteiger partial charge in [0.2, 0.25) is 0 Å². The maximum atomic E-state index is 10.5. The van der Waals surface area contributed by atoms with Gasteiger partial charge in [0, 0.05) is 6.42 Å². The van der Waals surface area contributed by atoms with Crippen molar-refractivity contribution in [2.75, 3.05) is 6.61 Å². The van der Waals surface area contributed by atoms with Gasteiger partial charge < -0.3 is 10.2 Å². The predicted molar refractivity (Wildman–Crippen MR) is 45.6 cm³/mol. The second-order valence-electron chi connectivity index (χ2n) is 2.68. The number of hydrogen-bond acceptors (Lipinski definition) is 4. The Morgan fingerprint density at radius 2 is 2.00 bits per heavy atom. The SMILES string of the molecule is CCCOOC(CCC(=O)O)C(=O)O. The summed E-state index contributed by atoms with van der Waals surface area (Å²) in [5, 5.41) is 16.9. The van der Waals surface area contributed by atoms with Gasteiger partial charge in [-0.3, -0.25) is 4.79 Å². The van der Waals surface area contributed by atoms with Gasteiger partial charge in [-0.25, -0.2) is 14.6 Å². The number of aliphatic carboxylic acids is 2. The van der Waals surface area contributed by atoms with Crippen molar-refractivity contribution in [2.45, 2.75) is 32.3 Å². The zero-order valence-electron chi connectivity index (χ0n) is 7.93. The molecule has 6 heteroatoms. The molecule has 0 fully saturated rings. The highest BCUT2D eigenvalue weighted by molar-refractivity contribution is 5.73. The van der Waals surface area contributed by atoms with Gasteiger partial charge in [-0.1, -0.05) is 6.92 Å². The van der Waals surface area contributed by atoms with E-state index in [9.17, 15) is 9.59 Å². The first kappa shape index (κ1) is 12.9. The second kappa shape index (κ2) is 7.28. The summed E-state index contributed by atoms with van der Waals surface area (Å²) in [6.07, 6.45) is -0.871. The van der Waals surface area contributed by atoms with Crippen LogP contribution < -0.4 is 0 Å². The van der Waals surface area contributed by atoms with Gasteiger partial charge in [-0.15, -0.1) is 0 Å². The van der Waals surface area contributed by atoms with Crippen LogP contribution in [0.25, 0.3) is 0 Å². The third-order valence-electron chi connectivity index (χ3n) is 1.37. The van der Waals surface area contributed by atoms with Crippen LogP contribution in [0.2, 0.25) is 0 Å². The van der Waals surface area contributed by atoms with Crippen molar-refractivity contribution in [1.82, 2.24) is 0 Å². The van der Waals surface area contributed by atoms with Crippen molar-refractivity contribution in [3.8, 4) is 0 Å². The summed E-state index contributed by atoms with van der Waals surface area (Å²) in [5.41, 5.74) is 0. The minimum Gasteiger partial charge on any atom is -0.481 e. The van der Waals surface area contributed by atoms with E-state index in [-0.39, 0.29) is 19.4 Å². The molecule has 2 N–H and O–H groups in total. The molecule has 0 rings (SSSR count). The largest absolute Gasteiger partial charge is 0.481 e. The van der Waals surface area contributed by atoms with Crippen LogP contribution >= 0.6 is 0 Å². The van der Waals surface area contributed by atoms with E-state index in [2.05, 4.69) is 9.78 Å². The summed E-state index contributed by atoms with van der Waals surface area (Å²) in [7, 11) is 0. The van der Waals surface area contributed by atoms with Crippen LogP contribution in [0, 0.1) is 0 Å². The van der Waals surface area contributed by atoms with E-state index in [0.29, 0.717) is 6.42 Å². The monoisotopic (exact) mass is 206 g/mol. The molecule has 0 amide bonds. The molecule has 0 saturated heterocycles. The van der Waals surface area contributed by atoms with Gasteiger partial charge in [0.25, 0.3) is 0 Å². The Morgan fingerprint density at radius 3 is 2.43 bits per heavy atom. The van der Waals surface area contributed by atoms with Gasteiger partial charge in [0.15, 0.2) is 6.10 Å². The molecule has 0 aliphatic rings. The molecule has 82 valence electrons. The first-order chi connectivity index (χ1) is 6.57. The van der Waals surface area contributed by atoms with E-state index in [0.717, 1.165) is 0 Å². The Balaban J connectivity index is 3.78. The molecule has 0 aliphatic carbocycles. The highest BCUT2D eigenvalue weighted by atomic mass is 17.2. The zero-order chi connectivity index (χ0) is 11.0. The fraction of sp³-hybridized carbons (Fsp3) is 0.750. The van der Waals surface area contributed by atoms with Crippen LogP contribution in [0.1, 0.15) is 26.2 Å². The highest BCUT2D eigenvalue weighted by Gasteiger charge is 2.20. The molecule has 0 aliphatic heterocycles. The van der Waals surface area contributed by atoms with E-state index in [1.165, 1.54) is 0 Å². The molecule has 0 bridgehead atoms. The third-order valence-corrected chi connectivity index (χ3v) is 1.37. The Kier molecular flexibility index (Phi) is 6.69. The number of hydrogen-bond donors (Lipinski definition) is 2. The van der Waals surface area contributed by atoms with Gasteiger partial charge in [0.1, 0.15) is 0 Å². The fourth-order valence-corrected chi connectivity index (χ4v) is 0.681. The summed E-state index contributed by atoms with van der Waals surface area (Å²) in [4.78, 5) is 29.8. The van der Waals surface area contributed by atoms with Crippen molar-refractivity contribution in [3.63, 3.8) is 0 Å². The first-order valence-corrected chi connectivity index (χ1v) is 4.30. The maximum Gasteiger partial charge on any atom is 0.336 e. The Morgan fingerprint density at radius 1 is 1.36 bits per heavy atom. The van der Waals surface area contributed by atoms with Crippen LogP contribution in [-0.2, 0) is 19.4 Å². The first-order valence-electron chi connectivity index (χ1n) is 4.30. The summed E-state index contributed by atoms with van der Waals surface area (Å²) in [6, 6.07) is 0. The Hall–Kier alpha value is -1.14. The van der Waals surface area contributed by atoms with E-state index in [1.807, 2.05) is 6.92 Å². The molecule has 0 aromatic carbocycles. The van der Waals surface area contributed by atoms with Crippen LogP contribution in [0.3, 0.4) is 0 Å². The van der Waals surface area contributed by atoms with E-state index < -0.39 is 18.0 Å². The Bertz CT molecular complexity index is 190. The summed E-state index contributed by atoms with van der Waals surface area (Å²) in [5.74, 6) is -2.28. The molecular formula is C8H14O6. The molecule has 0 radical (unpaired) electrons. The Labute approximate surface area is 81.4 Å². The van der Waals surface area contributed by atoms with E-state index in [4.69, 9.17) is 10.2 Å². The number of carboxylic acids is 2. The molecule has 0 aromatic rings. The molecule has 6 nitrogen and oxygen atoms in total. The van der Waals surface area contributed by atoms with Gasteiger partial charge in [0.05, 0.1) is 6.61 Å². The predicted octanol–water partition coefficient (Wildman–Crippen LogP) is 0.663. The molecule has 0 aromatic heterocycles. The highest BCUT2D eigenvalue weighted by Crippen LogP contribution is 2.04. The molecule has 0 spiro atoms. The number of rotatable bonds is 8. The van der Waals surface area contributed by atoms with Crippen molar-refractivity contribution in [2.24, 2.45) is 0 Å². The normalized spacial score (nSPS) is 12.4. The fourth-order valence-electron chi connectivity index (χ4n) is 0.681. The quantitative estimate of drug-likeness (QED) is 0.344. The molecule has 1 atom stereocenters. The smallest absolute Gasteiger partial charge is 0.336 e. The van der Waals surface area contributed by atoms with Crippen molar-refractivity contribution >= 4 is 11.9 Å². The topological polar surface area (TPSA) is 93.1 Å². The van der Waals surface area contributed by atoms with Crippen molar-refractivity contribution in [1.29, 1.82) is 0 Å². The van der Waals surface area contributed by atoms with E-state index >= 15 is 0 Å². The average Bonchev–Trinajstić information content (AvgIpc) is 2.10. The lowest BCUT2D eigenvalue weighted by molar-refractivity contribution is -0.320. The lowest BCUT2D eigenvalue weighted by atomic mass is 10.2. The number of carboxylic acid groups (broad SMARTS) is 2. The summed E-state index contributed by atoms with van der Waals surface area (Å²) in [6.45, 7) is 2.13. The van der Waals surface area contributed by atoms with Crippen molar-refractivity contribution < 1.29 is 29.6 Å². The molecule has 0 saturated carbocycles. The van der Waals surface area contributed by atoms with Crippen LogP contribution in [-0.4, -0.2) is 34.9 Å². The molecular weight excluding hydrogens is 192 g/mol. The van der Waals surface area contributed by atoms with Gasteiger partial charge in [-0.05, 0) is 12.8 Å². The van der Waals surface area contributed by atoms with Crippen LogP contribution in [0.4, 0.5) is 0 Å². The second-order valence-corrected chi connectivity index (χ2v) is 2.68. The molecule has 14 heavy (non-hydrogen) atoms. The lowest BCUT2D eigenvalue weighted by Crippen LogP contribution is -2.25. The van der Waals surface area contributed by atoms with Crippen molar-refractivity contribution in [3.05, 3.63) is 0 Å². The maximum absolute atomic E-state index is 10.5. The van der Waals surface area contributed by atoms with Gasteiger partial charge in [-0.2, -0.15) is 0 Å². The van der Waals surface area contributed by atoms with Crippen LogP contribution in [0.15, 0.2) is 0 Å². The average molecular weight is 206 g/mol. The minimum absolute atomic E-state index is 0.103. The number of carbonyl (C=O) groups is 2. The minimum atomic E-state index is -1.22. The summed E-state index contributed by atoms with van der Waals surface area (Å²) < 4.78 is 0. The third kappa shape index (κ3) is 6.38. The van der Waals surface area contributed by atoms with E-state index in [1.54, 1.807) is 0 Å². The lowest BCUT2D eigenvalue weighted by Gasteiger charge is -2.10. The molecule has 1 unspecified atom stereocenters. The standard InChI is InChI=1S/C8H14O6/c1-2-5-13-14-6(8(11)12)3-4-7(9)10/h6H,2-5H2,1H3,(H,9,10)(H,11,12). The zero-order valence-corrected chi connectivity index (χ0v) is 7.93. The summed E-state index contributed by atoms with van der Waals surface area (Å²) >= 11 is 0. The van der Waals surface area contributed by atoms with Gasteiger partial charge >= 0.3 is 11.9 Å².